The molecule has 1 unspecified atom stereocenters. The Morgan fingerprint density at radius 1 is 1.06 bits per heavy atom. The highest BCUT2D eigenvalue weighted by atomic mass is 16.5. The van der Waals surface area contributed by atoms with Gasteiger partial charge in [0.25, 0.3) is 0 Å². The lowest BCUT2D eigenvalue weighted by Crippen LogP contribution is -2.05. The van der Waals surface area contributed by atoms with Crippen molar-refractivity contribution in [3.8, 4) is 17.2 Å². The zero-order valence-electron chi connectivity index (χ0n) is 10.1. The predicted octanol–water partition coefficient (Wildman–Crippen LogP) is 1.81. The van der Waals surface area contributed by atoms with Gasteiger partial charge in [0.05, 0.1) is 21.3 Å². The number of hydrogen-bond donors (Lipinski definition) is 1. The Morgan fingerprint density at radius 3 is 1.88 bits per heavy atom. The fourth-order valence-corrected chi connectivity index (χ4v) is 1.61. The molecule has 0 aliphatic heterocycles. The lowest BCUT2D eigenvalue weighted by molar-refractivity contribution is 0.265. The normalized spacial score (nSPS) is 12.1. The van der Waals surface area contributed by atoms with Crippen LogP contribution >= 0.6 is 0 Å². The summed E-state index contributed by atoms with van der Waals surface area (Å²) in [7, 11) is 4.76. The van der Waals surface area contributed by atoms with Crippen molar-refractivity contribution in [2.45, 2.75) is 12.8 Å². The molecule has 0 aliphatic rings. The first-order chi connectivity index (χ1) is 7.67. The Labute approximate surface area is 95.8 Å². The molecule has 90 valence electrons. The van der Waals surface area contributed by atoms with Crippen molar-refractivity contribution in [1.82, 2.24) is 0 Å². The standard InChI is InChI=1S/C12H18O4/c1-8(7-13)12-10(15-3)5-9(14-2)6-11(12)16-4/h5-6,8,13H,7H2,1-4H3. The van der Waals surface area contributed by atoms with E-state index in [9.17, 15) is 5.11 Å². The zero-order chi connectivity index (χ0) is 12.1. The molecule has 1 aromatic carbocycles. The van der Waals surface area contributed by atoms with E-state index >= 15 is 0 Å². The molecule has 0 spiro atoms. The molecule has 0 bridgehead atoms. The number of rotatable bonds is 5. The summed E-state index contributed by atoms with van der Waals surface area (Å²) in [4.78, 5) is 0. The summed E-state index contributed by atoms with van der Waals surface area (Å²) >= 11 is 0. The van der Waals surface area contributed by atoms with Gasteiger partial charge in [0.2, 0.25) is 0 Å². The highest BCUT2D eigenvalue weighted by Gasteiger charge is 2.18. The average Bonchev–Trinajstić information content (AvgIpc) is 2.35. The lowest BCUT2D eigenvalue weighted by atomic mass is 9.99. The van der Waals surface area contributed by atoms with Crippen molar-refractivity contribution in [1.29, 1.82) is 0 Å². The first-order valence-electron chi connectivity index (χ1n) is 5.08. The van der Waals surface area contributed by atoms with Gasteiger partial charge in [-0.3, -0.25) is 0 Å². The number of hydrogen-bond acceptors (Lipinski definition) is 4. The van der Waals surface area contributed by atoms with Gasteiger partial charge in [0, 0.05) is 30.2 Å². The molecule has 16 heavy (non-hydrogen) atoms. The Hall–Kier alpha value is -1.42. The van der Waals surface area contributed by atoms with E-state index in [1.165, 1.54) is 0 Å². The molecule has 1 aromatic rings. The molecule has 0 heterocycles. The lowest BCUT2D eigenvalue weighted by Gasteiger charge is -2.18. The molecule has 0 aliphatic carbocycles. The third-order valence-electron chi connectivity index (χ3n) is 2.52. The summed E-state index contributed by atoms with van der Waals surface area (Å²) < 4.78 is 15.7. The van der Waals surface area contributed by atoms with Gasteiger partial charge in [-0.15, -0.1) is 0 Å². The molecule has 0 amide bonds. The maximum Gasteiger partial charge on any atom is 0.129 e. The second kappa shape index (κ2) is 5.61. The van der Waals surface area contributed by atoms with Gasteiger partial charge in [-0.05, 0) is 0 Å². The van der Waals surface area contributed by atoms with E-state index in [0.29, 0.717) is 17.2 Å². The van der Waals surface area contributed by atoms with Gasteiger partial charge in [-0.25, -0.2) is 0 Å². The number of aliphatic hydroxyl groups is 1. The fourth-order valence-electron chi connectivity index (χ4n) is 1.61. The van der Waals surface area contributed by atoms with Crippen LogP contribution in [0.1, 0.15) is 18.4 Å². The van der Waals surface area contributed by atoms with Crippen LogP contribution in [-0.2, 0) is 0 Å². The SMILES string of the molecule is COc1cc(OC)c(C(C)CO)c(OC)c1. The van der Waals surface area contributed by atoms with Crippen molar-refractivity contribution in [3.05, 3.63) is 17.7 Å². The van der Waals surface area contributed by atoms with Gasteiger partial charge in [-0.2, -0.15) is 0 Å². The van der Waals surface area contributed by atoms with Crippen LogP contribution in [0.5, 0.6) is 17.2 Å². The van der Waals surface area contributed by atoms with E-state index in [2.05, 4.69) is 0 Å². The minimum Gasteiger partial charge on any atom is -0.496 e. The molecule has 0 saturated carbocycles. The van der Waals surface area contributed by atoms with E-state index in [4.69, 9.17) is 14.2 Å². The third-order valence-corrected chi connectivity index (χ3v) is 2.52. The molecule has 0 aromatic heterocycles. The Morgan fingerprint density at radius 2 is 1.56 bits per heavy atom. The van der Waals surface area contributed by atoms with Crippen molar-refractivity contribution >= 4 is 0 Å². The molecule has 1 rings (SSSR count). The zero-order valence-corrected chi connectivity index (χ0v) is 10.1. The van der Waals surface area contributed by atoms with E-state index in [1.807, 2.05) is 6.92 Å². The second-order valence-electron chi connectivity index (χ2n) is 3.53. The Balaban J connectivity index is 3.31. The van der Waals surface area contributed by atoms with Crippen LogP contribution in [0.15, 0.2) is 12.1 Å². The summed E-state index contributed by atoms with van der Waals surface area (Å²) in [5.41, 5.74) is 0.855. The smallest absolute Gasteiger partial charge is 0.129 e. The van der Waals surface area contributed by atoms with Crippen molar-refractivity contribution in [3.63, 3.8) is 0 Å². The van der Waals surface area contributed by atoms with Gasteiger partial charge in [-0.1, -0.05) is 6.92 Å². The molecule has 4 heteroatoms. The number of methoxy groups -OCH3 is 3. The molecular formula is C12H18O4. The van der Waals surface area contributed by atoms with Gasteiger partial charge in [0.1, 0.15) is 17.2 Å². The monoisotopic (exact) mass is 226 g/mol. The largest absolute Gasteiger partial charge is 0.496 e. The first kappa shape index (κ1) is 12.6. The maximum atomic E-state index is 9.21. The highest BCUT2D eigenvalue weighted by molar-refractivity contribution is 5.52. The fraction of sp³-hybridized carbons (Fsp3) is 0.500. The maximum absolute atomic E-state index is 9.21. The van der Waals surface area contributed by atoms with E-state index in [-0.39, 0.29) is 12.5 Å². The van der Waals surface area contributed by atoms with Crippen LogP contribution in [0.25, 0.3) is 0 Å². The van der Waals surface area contributed by atoms with Crippen LogP contribution < -0.4 is 14.2 Å². The van der Waals surface area contributed by atoms with E-state index in [1.54, 1.807) is 33.5 Å². The topological polar surface area (TPSA) is 47.9 Å². The molecular weight excluding hydrogens is 208 g/mol. The quantitative estimate of drug-likeness (QED) is 0.831. The van der Waals surface area contributed by atoms with Gasteiger partial charge >= 0.3 is 0 Å². The van der Waals surface area contributed by atoms with Crippen LogP contribution in [-0.4, -0.2) is 33.0 Å². The van der Waals surface area contributed by atoms with Crippen LogP contribution in [0.3, 0.4) is 0 Å². The molecule has 4 nitrogen and oxygen atoms in total. The molecule has 0 fully saturated rings. The summed E-state index contributed by atoms with van der Waals surface area (Å²) in [6.07, 6.45) is 0. The number of ether oxygens (including phenoxy) is 3. The Bertz CT molecular complexity index is 324. The summed E-state index contributed by atoms with van der Waals surface area (Å²) in [6, 6.07) is 3.56. The minimum atomic E-state index is -0.0455. The van der Waals surface area contributed by atoms with Crippen LogP contribution in [0.2, 0.25) is 0 Å². The average molecular weight is 226 g/mol. The number of aliphatic hydroxyl groups excluding tert-OH is 1. The third kappa shape index (κ3) is 2.39. The second-order valence-corrected chi connectivity index (χ2v) is 3.53. The molecule has 1 N–H and O–H groups in total. The van der Waals surface area contributed by atoms with Crippen molar-refractivity contribution in [2.24, 2.45) is 0 Å². The molecule has 0 radical (unpaired) electrons. The van der Waals surface area contributed by atoms with Crippen molar-refractivity contribution in [2.75, 3.05) is 27.9 Å². The predicted molar refractivity (Wildman–Crippen MR) is 61.6 cm³/mol. The van der Waals surface area contributed by atoms with Gasteiger partial charge < -0.3 is 19.3 Å². The first-order valence-corrected chi connectivity index (χ1v) is 5.08. The Kier molecular flexibility index (Phi) is 4.43. The van der Waals surface area contributed by atoms with Crippen LogP contribution in [0.4, 0.5) is 0 Å². The molecule has 0 saturated heterocycles. The number of benzene rings is 1. The van der Waals surface area contributed by atoms with Crippen LogP contribution in [0, 0.1) is 0 Å². The van der Waals surface area contributed by atoms with Crippen molar-refractivity contribution < 1.29 is 19.3 Å². The molecule has 1 atom stereocenters. The summed E-state index contributed by atoms with van der Waals surface area (Å²) in [5, 5.41) is 9.21. The highest BCUT2D eigenvalue weighted by Crippen LogP contribution is 2.38. The minimum absolute atomic E-state index is 0.0407. The summed E-state index contributed by atoms with van der Waals surface area (Å²) in [6.45, 7) is 1.95. The van der Waals surface area contributed by atoms with Gasteiger partial charge in [0.15, 0.2) is 0 Å². The van der Waals surface area contributed by atoms with E-state index < -0.39 is 0 Å². The summed E-state index contributed by atoms with van der Waals surface area (Å²) in [5.74, 6) is 1.95. The van der Waals surface area contributed by atoms with E-state index in [0.717, 1.165) is 5.56 Å².